The highest BCUT2D eigenvalue weighted by Crippen LogP contribution is 2.29. The first kappa shape index (κ1) is 22.8. The van der Waals surface area contributed by atoms with E-state index in [2.05, 4.69) is 15.0 Å². The average Bonchev–Trinajstić information content (AvgIpc) is 3.27. The van der Waals surface area contributed by atoms with Crippen LogP contribution in [0.5, 0.6) is 5.75 Å². The number of hydrogen-bond donors (Lipinski definition) is 0. The van der Waals surface area contributed by atoms with Crippen molar-refractivity contribution in [3.05, 3.63) is 65.5 Å². The molecule has 0 spiro atoms. The molecular formula is C23H23F3N4O3. The van der Waals surface area contributed by atoms with Crippen LogP contribution in [0.1, 0.15) is 17.0 Å². The zero-order chi connectivity index (χ0) is 23.4. The van der Waals surface area contributed by atoms with E-state index in [9.17, 15) is 18.0 Å². The third-order valence-corrected chi connectivity index (χ3v) is 5.51. The highest BCUT2D eigenvalue weighted by molar-refractivity contribution is 5.79. The molecule has 1 fully saturated rings. The maximum atomic E-state index is 12.9. The monoisotopic (exact) mass is 460 g/mol. The predicted octanol–water partition coefficient (Wildman–Crippen LogP) is 3.65. The molecule has 1 saturated heterocycles. The largest absolute Gasteiger partial charge is 0.497 e. The molecule has 174 valence electrons. The molecule has 0 saturated carbocycles. The highest BCUT2D eigenvalue weighted by Gasteiger charge is 2.31. The molecule has 0 unspecified atom stereocenters. The van der Waals surface area contributed by atoms with E-state index >= 15 is 0 Å². The number of methoxy groups -OCH3 is 1. The van der Waals surface area contributed by atoms with Crippen LogP contribution in [0.4, 0.5) is 13.2 Å². The number of piperazine rings is 1. The van der Waals surface area contributed by atoms with Crippen molar-refractivity contribution in [3.8, 4) is 17.1 Å². The zero-order valence-corrected chi connectivity index (χ0v) is 18.0. The lowest BCUT2D eigenvalue weighted by Gasteiger charge is -2.34. The second-order valence-electron chi connectivity index (χ2n) is 7.77. The van der Waals surface area contributed by atoms with Crippen LogP contribution in [0.15, 0.2) is 53.1 Å². The summed E-state index contributed by atoms with van der Waals surface area (Å²) in [5.41, 5.74) is 0.427. The third kappa shape index (κ3) is 5.70. The lowest BCUT2D eigenvalue weighted by atomic mass is 10.1. The van der Waals surface area contributed by atoms with Crippen LogP contribution in [-0.2, 0) is 23.9 Å². The van der Waals surface area contributed by atoms with Crippen LogP contribution in [0, 0.1) is 0 Å². The van der Waals surface area contributed by atoms with Crippen molar-refractivity contribution in [2.45, 2.75) is 19.1 Å². The van der Waals surface area contributed by atoms with Crippen molar-refractivity contribution < 1.29 is 27.2 Å². The van der Waals surface area contributed by atoms with Gasteiger partial charge in [0.25, 0.3) is 0 Å². The number of amides is 1. The van der Waals surface area contributed by atoms with Crippen LogP contribution in [0.3, 0.4) is 0 Å². The molecule has 0 radical (unpaired) electrons. The Labute approximate surface area is 188 Å². The quantitative estimate of drug-likeness (QED) is 0.559. The van der Waals surface area contributed by atoms with Gasteiger partial charge >= 0.3 is 6.18 Å². The van der Waals surface area contributed by atoms with Crippen molar-refractivity contribution in [3.63, 3.8) is 0 Å². The van der Waals surface area contributed by atoms with Crippen molar-refractivity contribution in [1.82, 2.24) is 19.9 Å². The lowest BCUT2D eigenvalue weighted by Crippen LogP contribution is -2.48. The number of ether oxygens (including phenoxy) is 1. The molecule has 33 heavy (non-hydrogen) atoms. The fourth-order valence-corrected chi connectivity index (χ4v) is 3.67. The zero-order valence-electron chi connectivity index (χ0n) is 18.0. The Morgan fingerprint density at radius 2 is 1.82 bits per heavy atom. The van der Waals surface area contributed by atoms with E-state index in [-0.39, 0.29) is 12.3 Å². The molecular weight excluding hydrogens is 437 g/mol. The third-order valence-electron chi connectivity index (χ3n) is 5.51. The number of rotatable bonds is 6. The van der Waals surface area contributed by atoms with E-state index < -0.39 is 11.7 Å². The van der Waals surface area contributed by atoms with E-state index in [1.807, 2.05) is 24.3 Å². The normalized spacial score (nSPS) is 15.0. The summed E-state index contributed by atoms with van der Waals surface area (Å²) in [5.74, 6) is 1.52. The molecule has 7 nitrogen and oxygen atoms in total. The molecule has 2 aromatic carbocycles. The van der Waals surface area contributed by atoms with Crippen molar-refractivity contribution in [2.75, 3.05) is 33.3 Å². The van der Waals surface area contributed by atoms with Gasteiger partial charge in [-0.3, -0.25) is 9.69 Å². The Morgan fingerprint density at radius 1 is 1.09 bits per heavy atom. The molecule has 1 aliphatic heterocycles. The van der Waals surface area contributed by atoms with Crippen LogP contribution in [0.2, 0.25) is 0 Å². The van der Waals surface area contributed by atoms with Crippen molar-refractivity contribution >= 4 is 5.91 Å². The first-order chi connectivity index (χ1) is 15.8. The summed E-state index contributed by atoms with van der Waals surface area (Å²) < 4.78 is 49.2. The second-order valence-corrected chi connectivity index (χ2v) is 7.77. The average molecular weight is 460 g/mol. The molecule has 10 heteroatoms. The summed E-state index contributed by atoms with van der Waals surface area (Å²) in [4.78, 5) is 20.8. The second kappa shape index (κ2) is 9.62. The van der Waals surface area contributed by atoms with E-state index in [0.29, 0.717) is 50.0 Å². The fraction of sp³-hybridized carbons (Fsp3) is 0.348. The van der Waals surface area contributed by atoms with Crippen LogP contribution < -0.4 is 4.74 Å². The minimum Gasteiger partial charge on any atom is -0.497 e. The van der Waals surface area contributed by atoms with Gasteiger partial charge in [-0.1, -0.05) is 23.4 Å². The van der Waals surface area contributed by atoms with Gasteiger partial charge in [0.1, 0.15) is 5.75 Å². The van der Waals surface area contributed by atoms with Crippen LogP contribution in [0.25, 0.3) is 11.4 Å². The summed E-state index contributed by atoms with van der Waals surface area (Å²) in [6.07, 6.45) is -4.48. The van der Waals surface area contributed by atoms with Gasteiger partial charge in [0.15, 0.2) is 0 Å². The van der Waals surface area contributed by atoms with Gasteiger partial charge in [-0.2, -0.15) is 18.2 Å². The summed E-state index contributed by atoms with van der Waals surface area (Å²) in [5, 5.41) is 4.02. The Balaban J connectivity index is 1.28. The first-order valence-electron chi connectivity index (χ1n) is 10.4. The van der Waals surface area contributed by atoms with Gasteiger partial charge in [0, 0.05) is 31.7 Å². The Kier molecular flexibility index (Phi) is 6.64. The number of aromatic nitrogens is 2. The van der Waals surface area contributed by atoms with Crippen molar-refractivity contribution in [2.24, 2.45) is 0 Å². The molecule has 0 atom stereocenters. The van der Waals surface area contributed by atoms with Gasteiger partial charge in [-0.25, -0.2) is 0 Å². The fourth-order valence-electron chi connectivity index (χ4n) is 3.67. The number of halogens is 3. The summed E-state index contributed by atoms with van der Waals surface area (Å²) in [6.45, 7) is 2.64. The van der Waals surface area contributed by atoms with Crippen molar-refractivity contribution in [1.29, 1.82) is 0 Å². The van der Waals surface area contributed by atoms with Gasteiger partial charge in [0.2, 0.25) is 17.6 Å². The molecule has 1 aliphatic rings. The van der Waals surface area contributed by atoms with E-state index in [1.165, 1.54) is 6.07 Å². The maximum absolute atomic E-state index is 12.9. The highest BCUT2D eigenvalue weighted by atomic mass is 19.4. The maximum Gasteiger partial charge on any atom is 0.416 e. The summed E-state index contributed by atoms with van der Waals surface area (Å²) in [7, 11) is 1.60. The molecule has 1 amide bonds. The van der Waals surface area contributed by atoms with Gasteiger partial charge in [-0.15, -0.1) is 0 Å². The number of carbonyl (C=O) groups is 1. The molecule has 1 aromatic heterocycles. The first-order valence-corrected chi connectivity index (χ1v) is 10.4. The standard InChI is InChI=1S/C23H23F3N4O3/c1-32-19-7-5-17(6-8-19)22-27-20(33-28-22)15-29-9-11-30(12-10-29)21(31)14-16-3-2-4-18(13-16)23(24,25)26/h2-8,13H,9-12,14-15H2,1H3. The molecule has 3 aromatic rings. The van der Waals surface area contributed by atoms with E-state index in [0.717, 1.165) is 23.4 Å². The number of benzene rings is 2. The van der Waals surface area contributed by atoms with Gasteiger partial charge in [-0.05, 0) is 35.9 Å². The van der Waals surface area contributed by atoms with Gasteiger partial charge < -0.3 is 14.2 Å². The Bertz CT molecular complexity index is 1090. The van der Waals surface area contributed by atoms with E-state index in [1.54, 1.807) is 18.1 Å². The van der Waals surface area contributed by atoms with E-state index in [4.69, 9.17) is 9.26 Å². The topological polar surface area (TPSA) is 71.7 Å². The van der Waals surface area contributed by atoms with Gasteiger partial charge in [0.05, 0.1) is 25.6 Å². The number of hydrogen-bond acceptors (Lipinski definition) is 6. The molecule has 2 heterocycles. The number of carbonyl (C=O) groups excluding carboxylic acids is 1. The minimum absolute atomic E-state index is 0.0567. The molecule has 0 N–H and O–H groups in total. The summed E-state index contributed by atoms with van der Waals surface area (Å²) >= 11 is 0. The number of alkyl halides is 3. The summed E-state index contributed by atoms with van der Waals surface area (Å²) in [6, 6.07) is 12.2. The molecule has 0 bridgehead atoms. The Hall–Kier alpha value is -3.40. The van der Waals surface area contributed by atoms with Crippen LogP contribution >= 0.6 is 0 Å². The number of nitrogens with zero attached hydrogens (tertiary/aromatic N) is 4. The predicted molar refractivity (Wildman–Crippen MR) is 113 cm³/mol. The Morgan fingerprint density at radius 3 is 2.48 bits per heavy atom. The SMILES string of the molecule is COc1ccc(-c2noc(CN3CCN(C(=O)Cc4cccc(C(F)(F)F)c4)CC3)n2)cc1. The minimum atomic E-state index is -4.42. The van der Waals surface area contributed by atoms with Crippen LogP contribution in [-0.4, -0.2) is 59.1 Å². The molecule has 4 rings (SSSR count). The lowest BCUT2D eigenvalue weighted by molar-refractivity contribution is -0.138. The smallest absolute Gasteiger partial charge is 0.416 e. The molecule has 0 aliphatic carbocycles.